The number of rotatable bonds is 12. The third-order valence-electron chi connectivity index (χ3n) is 4.20. The second-order valence-corrected chi connectivity index (χ2v) is 7.98. The van der Waals surface area contributed by atoms with Crippen LogP contribution in [0.3, 0.4) is 0 Å². The average molecular weight is 479 g/mol. The molecular weight excluding hydrogens is 452 g/mol. The van der Waals surface area contributed by atoms with Crippen LogP contribution < -0.4 is 16.4 Å². The Hall–Kier alpha value is -3.48. The lowest BCUT2D eigenvalue weighted by atomic mass is 10.2. The van der Waals surface area contributed by atoms with Crippen LogP contribution in [-0.4, -0.2) is 18.7 Å². The van der Waals surface area contributed by atoms with Crippen LogP contribution in [0.2, 0.25) is 5.02 Å². The average Bonchev–Trinajstić information content (AvgIpc) is 2.81. The fourth-order valence-corrected chi connectivity index (χ4v) is 3.00. The lowest BCUT2D eigenvalue weighted by Crippen LogP contribution is -2.20. The summed E-state index contributed by atoms with van der Waals surface area (Å²) in [5.74, 6) is -0.174. The Labute approximate surface area is 204 Å². The van der Waals surface area contributed by atoms with Gasteiger partial charge in [-0.25, -0.2) is 0 Å². The van der Waals surface area contributed by atoms with E-state index < -0.39 is 0 Å². The standard InChI is InChI=1S/C26H27ClN4OS/c1-3-6-20(7-5-15-29-26(32)14-16-33-4-2)19-31-25-17-23(12-13-24(25)28)30-18-21-8-10-22(27)11-9-21/h3-14,16-17,19,30H,1-2,15,18,28H2,(H,29,32)/b7-5-,16-14-,20-6+,31-19?. The zero-order valence-electron chi connectivity index (χ0n) is 18.2. The van der Waals surface area contributed by atoms with Gasteiger partial charge in [-0.2, -0.15) is 0 Å². The van der Waals surface area contributed by atoms with Crippen molar-refractivity contribution >= 4 is 52.5 Å². The molecule has 0 spiro atoms. The van der Waals surface area contributed by atoms with Crippen molar-refractivity contribution in [3.05, 3.63) is 113 Å². The van der Waals surface area contributed by atoms with Crippen molar-refractivity contribution in [3.8, 4) is 0 Å². The highest BCUT2D eigenvalue weighted by Crippen LogP contribution is 2.26. The van der Waals surface area contributed by atoms with Gasteiger partial charge in [-0.1, -0.05) is 61.2 Å². The van der Waals surface area contributed by atoms with Gasteiger partial charge < -0.3 is 16.4 Å². The van der Waals surface area contributed by atoms with Gasteiger partial charge in [-0.3, -0.25) is 9.79 Å². The smallest absolute Gasteiger partial charge is 0.244 e. The van der Waals surface area contributed by atoms with Crippen LogP contribution in [0.1, 0.15) is 5.56 Å². The van der Waals surface area contributed by atoms with E-state index in [1.54, 1.807) is 23.1 Å². The number of carbonyl (C=O) groups excluding carboxylic acids is 1. The summed E-state index contributed by atoms with van der Waals surface area (Å²) in [6.45, 7) is 8.35. The van der Waals surface area contributed by atoms with Gasteiger partial charge in [-0.05, 0) is 52.3 Å². The molecule has 0 aliphatic rings. The van der Waals surface area contributed by atoms with Gasteiger partial charge in [0.1, 0.15) is 0 Å². The van der Waals surface area contributed by atoms with Gasteiger partial charge >= 0.3 is 0 Å². The molecule has 0 atom stereocenters. The Kier molecular flexibility index (Phi) is 11.4. The van der Waals surface area contributed by atoms with Crippen LogP contribution in [0.4, 0.5) is 17.1 Å². The molecule has 0 saturated heterocycles. The number of thioether (sulfide) groups is 1. The molecule has 0 fully saturated rings. The van der Waals surface area contributed by atoms with Gasteiger partial charge in [0.2, 0.25) is 5.91 Å². The number of nitrogens with two attached hydrogens (primary N) is 1. The topological polar surface area (TPSA) is 79.5 Å². The molecule has 0 radical (unpaired) electrons. The van der Waals surface area contributed by atoms with E-state index in [2.05, 4.69) is 28.8 Å². The van der Waals surface area contributed by atoms with Gasteiger partial charge in [0.05, 0.1) is 11.4 Å². The Bertz CT molecular complexity index is 1070. The quantitative estimate of drug-likeness (QED) is 0.142. The minimum atomic E-state index is -0.174. The van der Waals surface area contributed by atoms with Gasteiger partial charge in [0.25, 0.3) is 0 Å². The zero-order valence-corrected chi connectivity index (χ0v) is 19.8. The molecule has 33 heavy (non-hydrogen) atoms. The van der Waals surface area contributed by atoms with Crippen LogP contribution in [0, 0.1) is 0 Å². The molecule has 4 N–H and O–H groups in total. The lowest BCUT2D eigenvalue weighted by Gasteiger charge is -2.09. The number of nitrogens with one attached hydrogen (secondary N) is 2. The van der Waals surface area contributed by atoms with Crippen LogP contribution in [0.15, 0.2) is 107 Å². The van der Waals surface area contributed by atoms with E-state index in [0.717, 1.165) is 16.8 Å². The molecule has 5 nitrogen and oxygen atoms in total. The molecule has 0 aromatic heterocycles. The Balaban J connectivity index is 1.98. The number of halogens is 1. The minimum Gasteiger partial charge on any atom is -0.397 e. The number of nitrogens with zero attached hydrogens (tertiary/aromatic N) is 1. The molecule has 1 amide bonds. The minimum absolute atomic E-state index is 0.174. The zero-order chi connectivity index (χ0) is 23.9. The summed E-state index contributed by atoms with van der Waals surface area (Å²) in [5, 5.41) is 10.2. The fraction of sp³-hybridized carbons (Fsp3) is 0.0769. The van der Waals surface area contributed by atoms with E-state index in [-0.39, 0.29) is 5.91 Å². The maximum atomic E-state index is 11.7. The number of hydrogen-bond acceptors (Lipinski definition) is 5. The van der Waals surface area contributed by atoms with Crippen LogP contribution in [0.25, 0.3) is 0 Å². The number of carbonyl (C=O) groups is 1. The maximum absolute atomic E-state index is 11.7. The molecule has 2 aromatic carbocycles. The van der Waals surface area contributed by atoms with Crippen molar-refractivity contribution in [2.45, 2.75) is 6.54 Å². The molecule has 0 saturated carbocycles. The van der Waals surface area contributed by atoms with E-state index in [0.29, 0.717) is 29.5 Å². The fourth-order valence-electron chi connectivity index (χ4n) is 2.56. The summed E-state index contributed by atoms with van der Waals surface area (Å²) >= 11 is 7.28. The molecule has 0 bridgehead atoms. The van der Waals surface area contributed by atoms with Crippen molar-refractivity contribution in [2.75, 3.05) is 17.6 Å². The molecule has 0 heterocycles. The molecule has 2 aromatic rings. The lowest BCUT2D eigenvalue weighted by molar-refractivity contribution is -0.116. The second-order valence-electron chi connectivity index (χ2n) is 6.67. The van der Waals surface area contributed by atoms with Crippen molar-refractivity contribution in [3.63, 3.8) is 0 Å². The molecule has 2 rings (SSSR count). The molecule has 0 unspecified atom stereocenters. The van der Waals surface area contributed by atoms with Crippen molar-refractivity contribution in [2.24, 2.45) is 4.99 Å². The monoisotopic (exact) mass is 478 g/mol. The third kappa shape index (κ3) is 10.1. The first-order chi connectivity index (χ1) is 16.0. The molecule has 0 aliphatic carbocycles. The number of amides is 1. The summed E-state index contributed by atoms with van der Waals surface area (Å²) in [6.07, 6.45) is 10.3. The number of allylic oxidation sites excluding steroid dienone is 4. The third-order valence-corrected chi connectivity index (χ3v) is 4.94. The van der Waals surface area contributed by atoms with E-state index in [4.69, 9.17) is 17.3 Å². The summed E-state index contributed by atoms with van der Waals surface area (Å²) in [4.78, 5) is 16.2. The maximum Gasteiger partial charge on any atom is 0.244 e. The van der Waals surface area contributed by atoms with Crippen LogP contribution in [0.5, 0.6) is 0 Å². The highest BCUT2D eigenvalue weighted by molar-refractivity contribution is 8.04. The molecule has 7 heteroatoms. The molecule has 0 aliphatic heterocycles. The SMILES string of the molecule is C=C/C=C(C=Nc1cc(NCc2ccc(Cl)cc2)ccc1N)\C=C/CNC(=O)/C=C\SC=C. The Morgan fingerprint density at radius 3 is 2.67 bits per heavy atom. The first kappa shape index (κ1) is 25.8. The van der Waals surface area contributed by atoms with Crippen LogP contribution >= 0.6 is 23.4 Å². The normalized spacial score (nSPS) is 11.8. The molecule has 170 valence electrons. The summed E-state index contributed by atoms with van der Waals surface area (Å²) in [6, 6.07) is 13.3. The first-order valence-electron chi connectivity index (χ1n) is 10.1. The van der Waals surface area contributed by atoms with Crippen LogP contribution in [-0.2, 0) is 11.3 Å². The van der Waals surface area contributed by atoms with Gasteiger partial charge in [0.15, 0.2) is 0 Å². The van der Waals surface area contributed by atoms with Gasteiger partial charge in [0, 0.05) is 36.1 Å². The Morgan fingerprint density at radius 2 is 1.94 bits per heavy atom. The highest BCUT2D eigenvalue weighted by atomic mass is 35.5. The van der Waals surface area contributed by atoms with Gasteiger partial charge in [-0.15, -0.1) is 11.8 Å². The number of hydrogen-bond donors (Lipinski definition) is 3. The number of aliphatic imine (C=N–C) groups is 1. The summed E-state index contributed by atoms with van der Waals surface area (Å²) < 4.78 is 0. The second kappa shape index (κ2) is 14.6. The largest absolute Gasteiger partial charge is 0.397 e. The van der Waals surface area contributed by atoms with Crippen molar-refractivity contribution in [1.29, 1.82) is 0 Å². The summed E-state index contributed by atoms with van der Waals surface area (Å²) in [7, 11) is 0. The predicted molar refractivity (Wildman–Crippen MR) is 145 cm³/mol. The van der Waals surface area contributed by atoms with E-state index in [9.17, 15) is 4.79 Å². The Morgan fingerprint density at radius 1 is 1.15 bits per heavy atom. The summed E-state index contributed by atoms with van der Waals surface area (Å²) in [5.41, 5.74) is 10.2. The van der Waals surface area contributed by atoms with Crippen molar-refractivity contribution in [1.82, 2.24) is 5.32 Å². The molecular formula is C26H27ClN4OS. The van der Waals surface area contributed by atoms with E-state index in [1.165, 1.54) is 17.8 Å². The number of nitrogen functional groups attached to an aromatic ring is 1. The number of benzene rings is 2. The van der Waals surface area contributed by atoms with E-state index >= 15 is 0 Å². The van der Waals surface area contributed by atoms with E-state index in [1.807, 2.05) is 60.7 Å². The van der Waals surface area contributed by atoms with Crippen molar-refractivity contribution < 1.29 is 4.79 Å². The highest BCUT2D eigenvalue weighted by Gasteiger charge is 2.01. The first-order valence-corrected chi connectivity index (χ1v) is 11.5. The predicted octanol–water partition coefficient (Wildman–Crippen LogP) is 6.41. The number of anilines is 2.